The van der Waals surface area contributed by atoms with Crippen LogP contribution in [0.5, 0.6) is 5.75 Å². The average Bonchev–Trinajstić information content (AvgIpc) is 2.53. The summed E-state index contributed by atoms with van der Waals surface area (Å²) >= 11 is 0. The van der Waals surface area contributed by atoms with Gasteiger partial charge in [0, 0.05) is 11.6 Å². The molecular formula is C19H27FO2. The number of rotatable bonds is 3. The molecule has 1 aromatic rings. The van der Waals surface area contributed by atoms with Gasteiger partial charge in [-0.05, 0) is 56.1 Å². The third-order valence-corrected chi connectivity index (χ3v) is 5.60. The summed E-state index contributed by atoms with van der Waals surface area (Å²) in [5, 5.41) is 9.63. The monoisotopic (exact) mass is 306 g/mol. The molecule has 0 amide bonds. The molecule has 1 aliphatic carbocycles. The first-order valence-corrected chi connectivity index (χ1v) is 8.75. The predicted octanol–water partition coefficient (Wildman–Crippen LogP) is 4.79. The van der Waals surface area contributed by atoms with Gasteiger partial charge in [0.1, 0.15) is 17.7 Å². The van der Waals surface area contributed by atoms with Crippen LogP contribution in [0.15, 0.2) is 12.1 Å². The summed E-state index contributed by atoms with van der Waals surface area (Å²) in [5.74, 6) is 1.84. The zero-order valence-electron chi connectivity index (χ0n) is 13.6. The van der Waals surface area contributed by atoms with Crippen molar-refractivity contribution in [3.8, 4) is 5.75 Å². The Morgan fingerprint density at radius 3 is 2.59 bits per heavy atom. The lowest BCUT2D eigenvalue weighted by atomic mass is 9.77. The Morgan fingerprint density at radius 1 is 1.23 bits per heavy atom. The van der Waals surface area contributed by atoms with E-state index >= 15 is 0 Å². The molecule has 0 radical (unpaired) electrons. The maximum absolute atomic E-state index is 14.1. The lowest BCUT2D eigenvalue weighted by Crippen LogP contribution is -2.33. The molecule has 0 bridgehead atoms. The number of aliphatic hydroxyl groups is 1. The van der Waals surface area contributed by atoms with E-state index < -0.39 is 6.10 Å². The summed E-state index contributed by atoms with van der Waals surface area (Å²) in [6.45, 7) is 3.88. The number of ether oxygens (including phenoxy) is 1. The third kappa shape index (κ3) is 3.15. The fourth-order valence-electron chi connectivity index (χ4n) is 4.06. The summed E-state index contributed by atoms with van der Waals surface area (Å²) < 4.78 is 20.2. The third-order valence-electron chi connectivity index (χ3n) is 5.60. The van der Waals surface area contributed by atoms with Crippen molar-refractivity contribution in [2.24, 2.45) is 11.8 Å². The van der Waals surface area contributed by atoms with Gasteiger partial charge < -0.3 is 9.84 Å². The number of aliphatic hydroxyl groups excluding tert-OH is 1. The van der Waals surface area contributed by atoms with Crippen molar-refractivity contribution in [2.45, 2.75) is 71.0 Å². The Labute approximate surface area is 132 Å². The molecule has 2 unspecified atom stereocenters. The molecule has 0 aromatic heterocycles. The molecule has 1 fully saturated rings. The van der Waals surface area contributed by atoms with Crippen LogP contribution < -0.4 is 4.74 Å². The zero-order valence-corrected chi connectivity index (χ0v) is 13.6. The van der Waals surface area contributed by atoms with Gasteiger partial charge >= 0.3 is 0 Å². The normalized spacial score (nSPS) is 29.5. The zero-order chi connectivity index (χ0) is 15.7. The van der Waals surface area contributed by atoms with Gasteiger partial charge in [0.2, 0.25) is 0 Å². The smallest absolute Gasteiger partial charge is 0.132 e. The second kappa shape index (κ2) is 6.57. The number of hydrogen-bond acceptors (Lipinski definition) is 2. The largest absolute Gasteiger partial charge is 0.490 e. The van der Waals surface area contributed by atoms with E-state index in [9.17, 15) is 9.50 Å². The minimum atomic E-state index is -0.771. The van der Waals surface area contributed by atoms with Gasteiger partial charge in [0.15, 0.2) is 0 Å². The number of benzene rings is 1. The lowest BCUT2D eigenvalue weighted by molar-refractivity contribution is 0.0759. The first kappa shape index (κ1) is 15.8. The molecule has 22 heavy (non-hydrogen) atoms. The highest BCUT2D eigenvalue weighted by Gasteiger charge is 2.31. The van der Waals surface area contributed by atoms with Crippen LogP contribution in [0.2, 0.25) is 0 Å². The van der Waals surface area contributed by atoms with Gasteiger partial charge in [0.05, 0.1) is 6.10 Å². The van der Waals surface area contributed by atoms with Crippen molar-refractivity contribution in [1.82, 2.24) is 0 Å². The van der Waals surface area contributed by atoms with E-state index in [2.05, 4.69) is 6.92 Å². The lowest BCUT2D eigenvalue weighted by Gasteiger charge is -2.36. The number of hydrogen-bond donors (Lipinski definition) is 1. The first-order valence-electron chi connectivity index (χ1n) is 8.75. The molecule has 122 valence electrons. The van der Waals surface area contributed by atoms with Crippen LogP contribution in [0.25, 0.3) is 0 Å². The van der Waals surface area contributed by atoms with Crippen LogP contribution in [-0.2, 0) is 6.42 Å². The molecule has 0 saturated heterocycles. The Balaban J connectivity index is 1.70. The van der Waals surface area contributed by atoms with Crippen LogP contribution in [0, 0.1) is 17.7 Å². The Kier molecular flexibility index (Phi) is 4.72. The van der Waals surface area contributed by atoms with E-state index in [1.165, 1.54) is 38.2 Å². The number of halogens is 1. The summed E-state index contributed by atoms with van der Waals surface area (Å²) in [4.78, 5) is 0. The van der Waals surface area contributed by atoms with E-state index in [4.69, 9.17) is 4.74 Å². The quantitative estimate of drug-likeness (QED) is 0.870. The fraction of sp³-hybridized carbons (Fsp3) is 0.684. The van der Waals surface area contributed by atoms with Crippen LogP contribution >= 0.6 is 0 Å². The summed E-state index contributed by atoms with van der Waals surface area (Å²) in [7, 11) is 0. The highest BCUT2D eigenvalue weighted by molar-refractivity contribution is 5.40. The van der Waals surface area contributed by atoms with Gasteiger partial charge in [-0.1, -0.05) is 26.2 Å². The summed E-state index contributed by atoms with van der Waals surface area (Å²) in [6.07, 6.45) is 7.79. The molecule has 1 aromatic carbocycles. The molecule has 0 spiro atoms. The van der Waals surface area contributed by atoms with E-state index in [0.717, 1.165) is 24.3 Å². The Hall–Kier alpha value is -1.09. The Morgan fingerprint density at radius 2 is 1.95 bits per heavy atom. The molecule has 3 rings (SSSR count). The van der Waals surface area contributed by atoms with Gasteiger partial charge in [-0.15, -0.1) is 0 Å². The number of aryl methyl sites for hydroxylation is 1. The topological polar surface area (TPSA) is 29.5 Å². The average molecular weight is 306 g/mol. The standard InChI is InChI=1S/C19H27FO2/c1-3-13-4-6-14(7-5-13)18-9-8-15-10-16(12(2)21)17(20)11-19(15)22-18/h10-14,18,21H,3-9H2,1-2H3. The van der Waals surface area contributed by atoms with E-state index in [1.807, 2.05) is 0 Å². The molecule has 2 nitrogen and oxygen atoms in total. The maximum atomic E-state index is 14.1. The van der Waals surface area contributed by atoms with Crippen LogP contribution in [0.3, 0.4) is 0 Å². The van der Waals surface area contributed by atoms with Crippen molar-refractivity contribution in [3.05, 3.63) is 29.1 Å². The second-order valence-corrected chi connectivity index (χ2v) is 7.04. The molecule has 1 heterocycles. The first-order chi connectivity index (χ1) is 10.6. The molecule has 1 aliphatic heterocycles. The van der Waals surface area contributed by atoms with E-state index in [-0.39, 0.29) is 11.9 Å². The number of fused-ring (bicyclic) bond motifs is 1. The molecule has 1 saturated carbocycles. The molecule has 1 N–H and O–H groups in total. The van der Waals surface area contributed by atoms with Crippen molar-refractivity contribution in [1.29, 1.82) is 0 Å². The van der Waals surface area contributed by atoms with Gasteiger partial charge in [-0.25, -0.2) is 4.39 Å². The highest BCUT2D eigenvalue weighted by Crippen LogP contribution is 2.39. The van der Waals surface area contributed by atoms with Gasteiger partial charge in [-0.3, -0.25) is 0 Å². The van der Waals surface area contributed by atoms with Crippen LogP contribution in [-0.4, -0.2) is 11.2 Å². The van der Waals surface area contributed by atoms with Crippen molar-refractivity contribution in [2.75, 3.05) is 0 Å². The SMILES string of the molecule is CCC1CCC(C2CCc3cc(C(C)O)c(F)cc3O2)CC1. The fourth-order valence-corrected chi connectivity index (χ4v) is 4.06. The van der Waals surface area contributed by atoms with Crippen molar-refractivity contribution >= 4 is 0 Å². The second-order valence-electron chi connectivity index (χ2n) is 7.04. The minimum Gasteiger partial charge on any atom is -0.490 e. The van der Waals surface area contributed by atoms with Gasteiger partial charge in [-0.2, -0.15) is 0 Å². The minimum absolute atomic E-state index is 0.238. The van der Waals surface area contributed by atoms with E-state index in [1.54, 1.807) is 13.0 Å². The molecular weight excluding hydrogens is 279 g/mol. The van der Waals surface area contributed by atoms with E-state index in [0.29, 0.717) is 17.2 Å². The summed E-state index contributed by atoms with van der Waals surface area (Å²) in [5.41, 5.74) is 1.42. The Bertz CT molecular complexity index is 518. The molecule has 2 atom stereocenters. The van der Waals surface area contributed by atoms with Crippen LogP contribution in [0.1, 0.15) is 69.6 Å². The van der Waals surface area contributed by atoms with Gasteiger partial charge in [0.25, 0.3) is 0 Å². The highest BCUT2D eigenvalue weighted by atomic mass is 19.1. The maximum Gasteiger partial charge on any atom is 0.132 e. The van der Waals surface area contributed by atoms with Crippen molar-refractivity contribution < 1.29 is 14.2 Å². The summed E-state index contributed by atoms with van der Waals surface area (Å²) in [6, 6.07) is 3.25. The molecule has 3 heteroatoms. The molecule has 2 aliphatic rings. The van der Waals surface area contributed by atoms with Crippen molar-refractivity contribution in [3.63, 3.8) is 0 Å². The predicted molar refractivity (Wildman–Crippen MR) is 85.5 cm³/mol. The van der Waals surface area contributed by atoms with Crippen LogP contribution in [0.4, 0.5) is 4.39 Å².